The van der Waals surface area contributed by atoms with E-state index in [4.69, 9.17) is 9.47 Å². The Kier molecular flexibility index (Phi) is 4.50. The minimum absolute atomic E-state index is 0.183. The Bertz CT molecular complexity index is 778. The van der Waals surface area contributed by atoms with E-state index in [2.05, 4.69) is 10.2 Å². The van der Waals surface area contributed by atoms with E-state index in [1.54, 1.807) is 19.1 Å². The van der Waals surface area contributed by atoms with Crippen molar-refractivity contribution in [3.8, 4) is 11.5 Å². The minimum atomic E-state index is -0.334. The summed E-state index contributed by atoms with van der Waals surface area (Å²) in [5.41, 5.74) is 0.754. The van der Waals surface area contributed by atoms with Crippen LogP contribution in [0.2, 0.25) is 0 Å². The third-order valence-electron chi connectivity index (χ3n) is 3.98. The van der Waals surface area contributed by atoms with Crippen molar-refractivity contribution in [2.75, 3.05) is 14.2 Å². The average molecular weight is 329 g/mol. The molecule has 0 aliphatic heterocycles. The first-order valence-electron chi connectivity index (χ1n) is 7.70. The maximum atomic E-state index is 12.8. The number of hydrogen-bond acceptors (Lipinski definition) is 5. The Morgan fingerprint density at radius 2 is 2.04 bits per heavy atom. The van der Waals surface area contributed by atoms with Gasteiger partial charge in [-0.1, -0.05) is 0 Å². The molecule has 3 rings (SSSR count). The van der Waals surface area contributed by atoms with Crippen LogP contribution in [0, 0.1) is 0 Å². The molecule has 7 nitrogen and oxygen atoms in total. The van der Waals surface area contributed by atoms with Crippen molar-refractivity contribution < 1.29 is 14.3 Å². The maximum absolute atomic E-state index is 12.8. The molecule has 0 atom stereocenters. The second-order valence-electron chi connectivity index (χ2n) is 5.65. The number of methoxy groups -OCH3 is 2. The highest BCUT2D eigenvalue weighted by molar-refractivity contribution is 5.92. The second kappa shape index (κ2) is 6.74. The molecule has 1 saturated carbocycles. The van der Waals surface area contributed by atoms with Gasteiger partial charge in [0, 0.05) is 17.7 Å². The molecular weight excluding hydrogens is 310 g/mol. The summed E-state index contributed by atoms with van der Waals surface area (Å²) in [5, 5.41) is 6.14. The van der Waals surface area contributed by atoms with Gasteiger partial charge in [-0.05, 0) is 37.1 Å². The van der Waals surface area contributed by atoms with Crippen LogP contribution < -0.4 is 15.0 Å². The molecule has 1 aromatic heterocycles. The standard InChI is InChI=1S/C17H19N3O4/c1-23-13-5-7-15(24-2)11(9-13)10-20(12-3-4-12)17(22)14-6-8-16(21)19-18-14/h5-9,12H,3-4,10H2,1-2H3,(H,19,21). The lowest BCUT2D eigenvalue weighted by Crippen LogP contribution is -2.34. The number of carbonyl (C=O) groups is 1. The van der Waals surface area contributed by atoms with Crippen LogP contribution in [0.4, 0.5) is 0 Å². The summed E-state index contributed by atoms with van der Waals surface area (Å²) in [6, 6.07) is 8.43. The first-order chi connectivity index (χ1) is 11.6. The SMILES string of the molecule is COc1ccc(OC)c(CN(C(=O)c2ccc(=O)[nH]n2)C2CC2)c1. The number of hydrogen-bond donors (Lipinski definition) is 1. The van der Waals surface area contributed by atoms with Gasteiger partial charge in [0.25, 0.3) is 11.5 Å². The Balaban J connectivity index is 1.88. The van der Waals surface area contributed by atoms with Crippen LogP contribution >= 0.6 is 0 Å². The third-order valence-corrected chi connectivity index (χ3v) is 3.98. The van der Waals surface area contributed by atoms with Gasteiger partial charge in [-0.15, -0.1) is 0 Å². The van der Waals surface area contributed by atoms with Crippen molar-refractivity contribution in [3.63, 3.8) is 0 Å². The van der Waals surface area contributed by atoms with Crippen LogP contribution in [0.15, 0.2) is 35.1 Å². The van der Waals surface area contributed by atoms with Crippen molar-refractivity contribution >= 4 is 5.91 Å². The van der Waals surface area contributed by atoms with Crippen molar-refractivity contribution in [2.45, 2.75) is 25.4 Å². The molecule has 1 fully saturated rings. The molecular formula is C17H19N3O4. The molecule has 1 aliphatic rings. The normalized spacial score (nSPS) is 13.4. The lowest BCUT2D eigenvalue weighted by atomic mass is 10.1. The van der Waals surface area contributed by atoms with Gasteiger partial charge in [-0.3, -0.25) is 9.59 Å². The second-order valence-corrected chi connectivity index (χ2v) is 5.65. The van der Waals surface area contributed by atoms with Crippen LogP contribution in [0.3, 0.4) is 0 Å². The first-order valence-corrected chi connectivity index (χ1v) is 7.70. The van der Waals surface area contributed by atoms with Gasteiger partial charge in [-0.25, -0.2) is 5.10 Å². The number of nitrogens with one attached hydrogen (secondary N) is 1. The number of H-pyrrole nitrogens is 1. The van der Waals surface area contributed by atoms with Gasteiger partial charge >= 0.3 is 0 Å². The Labute approximate surface area is 139 Å². The quantitative estimate of drug-likeness (QED) is 0.870. The van der Waals surface area contributed by atoms with E-state index in [-0.39, 0.29) is 23.2 Å². The van der Waals surface area contributed by atoms with Crippen LogP contribution in [-0.4, -0.2) is 41.3 Å². The van der Waals surface area contributed by atoms with Gasteiger partial charge < -0.3 is 14.4 Å². The van der Waals surface area contributed by atoms with Crippen LogP contribution in [-0.2, 0) is 6.54 Å². The topological polar surface area (TPSA) is 84.5 Å². The highest BCUT2D eigenvalue weighted by atomic mass is 16.5. The molecule has 2 aromatic rings. The molecule has 0 radical (unpaired) electrons. The molecule has 1 aromatic carbocycles. The summed E-state index contributed by atoms with van der Waals surface area (Å²) in [6.07, 6.45) is 1.92. The van der Waals surface area contributed by atoms with Gasteiger partial charge in [-0.2, -0.15) is 5.10 Å². The predicted octanol–water partition coefficient (Wildman–Crippen LogP) is 1.59. The molecule has 1 N–H and O–H groups in total. The van der Waals surface area contributed by atoms with Crippen molar-refractivity contribution in [1.29, 1.82) is 0 Å². The summed E-state index contributed by atoms with van der Waals surface area (Å²) in [6.45, 7) is 0.394. The van der Waals surface area contributed by atoms with E-state index < -0.39 is 0 Å². The van der Waals surface area contributed by atoms with Crippen LogP contribution in [0.25, 0.3) is 0 Å². The number of nitrogens with zero attached hydrogens (tertiary/aromatic N) is 2. The zero-order valence-corrected chi connectivity index (χ0v) is 13.6. The zero-order chi connectivity index (χ0) is 17.1. The number of rotatable bonds is 6. The highest BCUT2D eigenvalue weighted by Crippen LogP contribution is 2.32. The Morgan fingerprint density at radius 1 is 1.25 bits per heavy atom. The summed E-state index contributed by atoms with van der Waals surface area (Å²) >= 11 is 0. The van der Waals surface area contributed by atoms with E-state index >= 15 is 0 Å². The number of carbonyl (C=O) groups excluding carboxylic acids is 1. The molecule has 1 aliphatic carbocycles. The Hall–Kier alpha value is -2.83. The van der Waals surface area contributed by atoms with Crippen molar-refractivity contribution in [3.05, 3.63) is 51.9 Å². The smallest absolute Gasteiger partial charge is 0.274 e. The fourth-order valence-electron chi connectivity index (χ4n) is 2.55. The van der Waals surface area contributed by atoms with E-state index in [0.29, 0.717) is 18.0 Å². The number of ether oxygens (including phenoxy) is 2. The number of aromatic amines is 1. The van der Waals surface area contributed by atoms with E-state index in [1.807, 2.05) is 18.2 Å². The van der Waals surface area contributed by atoms with Crippen LogP contribution in [0.5, 0.6) is 11.5 Å². The maximum Gasteiger partial charge on any atom is 0.274 e. The summed E-state index contributed by atoms with van der Waals surface area (Å²) < 4.78 is 10.6. The lowest BCUT2D eigenvalue weighted by Gasteiger charge is -2.23. The third kappa shape index (κ3) is 3.40. The highest BCUT2D eigenvalue weighted by Gasteiger charge is 2.34. The Morgan fingerprint density at radius 3 is 2.62 bits per heavy atom. The minimum Gasteiger partial charge on any atom is -0.497 e. The molecule has 126 valence electrons. The number of amides is 1. The molecule has 0 saturated heterocycles. The van der Waals surface area contributed by atoms with Gasteiger partial charge in [0.2, 0.25) is 0 Å². The average Bonchev–Trinajstić information content (AvgIpc) is 3.44. The first kappa shape index (κ1) is 16.0. The predicted molar refractivity (Wildman–Crippen MR) is 87.3 cm³/mol. The summed E-state index contributed by atoms with van der Waals surface area (Å²) in [7, 11) is 3.19. The van der Waals surface area contributed by atoms with E-state index in [1.165, 1.54) is 12.1 Å². The van der Waals surface area contributed by atoms with E-state index in [0.717, 1.165) is 18.4 Å². The van der Waals surface area contributed by atoms with Crippen molar-refractivity contribution in [1.82, 2.24) is 15.1 Å². The largest absolute Gasteiger partial charge is 0.497 e. The molecule has 1 heterocycles. The summed E-state index contributed by atoms with van der Waals surface area (Å²) in [5.74, 6) is 1.19. The van der Waals surface area contributed by atoms with Crippen LogP contribution in [0.1, 0.15) is 28.9 Å². The number of aromatic nitrogens is 2. The van der Waals surface area contributed by atoms with E-state index in [9.17, 15) is 9.59 Å². The van der Waals surface area contributed by atoms with Gasteiger partial charge in [0.15, 0.2) is 0 Å². The van der Waals surface area contributed by atoms with Gasteiger partial charge in [0.1, 0.15) is 17.2 Å². The lowest BCUT2D eigenvalue weighted by molar-refractivity contribution is 0.0721. The monoisotopic (exact) mass is 329 g/mol. The fourth-order valence-corrected chi connectivity index (χ4v) is 2.55. The summed E-state index contributed by atoms with van der Waals surface area (Å²) in [4.78, 5) is 25.7. The molecule has 1 amide bonds. The molecule has 0 spiro atoms. The molecule has 24 heavy (non-hydrogen) atoms. The molecule has 0 unspecified atom stereocenters. The number of benzene rings is 1. The molecule has 7 heteroatoms. The zero-order valence-electron chi connectivity index (χ0n) is 13.6. The fraction of sp³-hybridized carbons (Fsp3) is 0.353. The van der Waals surface area contributed by atoms with Crippen molar-refractivity contribution in [2.24, 2.45) is 0 Å². The molecule has 0 bridgehead atoms. The van der Waals surface area contributed by atoms with Gasteiger partial charge in [0.05, 0.1) is 20.8 Å².